The van der Waals surface area contributed by atoms with E-state index < -0.39 is 0 Å². The van der Waals surface area contributed by atoms with Gasteiger partial charge in [0, 0.05) is 18.2 Å². The van der Waals surface area contributed by atoms with Crippen LogP contribution < -0.4 is 10.1 Å². The fourth-order valence-electron chi connectivity index (χ4n) is 1.84. The van der Waals surface area contributed by atoms with E-state index in [1.807, 2.05) is 0 Å². The summed E-state index contributed by atoms with van der Waals surface area (Å²) >= 11 is 0. The monoisotopic (exact) mass is 263 g/mol. The first kappa shape index (κ1) is 13.3. The highest BCUT2D eigenvalue weighted by Crippen LogP contribution is 2.21. The Morgan fingerprint density at radius 1 is 1.11 bits per heavy atom. The topological polar surface area (TPSA) is 21.3 Å². The molecule has 0 spiro atoms. The van der Waals surface area contributed by atoms with Crippen LogP contribution in [0.1, 0.15) is 11.1 Å². The zero-order chi connectivity index (χ0) is 13.8. The molecule has 0 saturated carbocycles. The number of nitrogens with one attached hydrogen (secondary N) is 1. The maximum Gasteiger partial charge on any atom is 0.146 e. The van der Waals surface area contributed by atoms with Gasteiger partial charge in [0.25, 0.3) is 0 Å². The lowest BCUT2D eigenvalue weighted by Gasteiger charge is -2.11. The minimum Gasteiger partial charge on any atom is -0.497 e. The van der Waals surface area contributed by atoms with Gasteiger partial charge in [-0.2, -0.15) is 0 Å². The second kappa shape index (κ2) is 5.69. The smallest absolute Gasteiger partial charge is 0.146 e. The summed E-state index contributed by atoms with van der Waals surface area (Å²) in [6, 6.07) is 9.43. The number of anilines is 1. The normalized spacial score (nSPS) is 10.3. The Labute approximate surface area is 111 Å². The van der Waals surface area contributed by atoms with Crippen molar-refractivity contribution in [2.75, 3.05) is 12.4 Å². The van der Waals surface area contributed by atoms with Crippen LogP contribution in [-0.2, 0) is 6.54 Å². The molecular formula is C15H15F2NO. The number of methoxy groups -OCH3 is 1. The first-order chi connectivity index (χ1) is 9.11. The molecule has 0 heterocycles. The number of aryl methyl sites for hydroxylation is 1. The molecule has 0 aromatic heterocycles. The fourth-order valence-corrected chi connectivity index (χ4v) is 1.84. The summed E-state index contributed by atoms with van der Waals surface area (Å²) in [4.78, 5) is 0. The van der Waals surface area contributed by atoms with Crippen LogP contribution >= 0.6 is 0 Å². The highest BCUT2D eigenvalue weighted by atomic mass is 19.1. The van der Waals surface area contributed by atoms with Crippen molar-refractivity contribution in [1.29, 1.82) is 0 Å². The van der Waals surface area contributed by atoms with Gasteiger partial charge in [-0.15, -0.1) is 0 Å². The van der Waals surface area contributed by atoms with Gasteiger partial charge in [-0.1, -0.05) is 18.2 Å². The van der Waals surface area contributed by atoms with E-state index >= 15 is 0 Å². The van der Waals surface area contributed by atoms with E-state index in [0.717, 1.165) is 5.56 Å². The molecule has 0 atom stereocenters. The molecule has 100 valence electrons. The van der Waals surface area contributed by atoms with Crippen LogP contribution in [0.2, 0.25) is 0 Å². The Kier molecular flexibility index (Phi) is 4.00. The maximum atomic E-state index is 13.7. The number of ether oxygens (including phenoxy) is 1. The summed E-state index contributed by atoms with van der Waals surface area (Å²) in [5.41, 5.74) is 1.65. The van der Waals surface area contributed by atoms with Crippen molar-refractivity contribution in [2.45, 2.75) is 13.5 Å². The van der Waals surface area contributed by atoms with Crippen molar-refractivity contribution in [3.63, 3.8) is 0 Å². The summed E-state index contributed by atoms with van der Waals surface area (Å²) in [5.74, 6) is -0.252. The summed E-state index contributed by atoms with van der Waals surface area (Å²) in [6.45, 7) is 2.02. The highest BCUT2D eigenvalue weighted by Gasteiger charge is 2.07. The number of hydrogen-bond acceptors (Lipinski definition) is 2. The van der Waals surface area contributed by atoms with Crippen molar-refractivity contribution < 1.29 is 13.5 Å². The SMILES string of the molecule is COc1ccc(CNc2c(C)cccc2F)c(F)c1. The van der Waals surface area contributed by atoms with E-state index in [1.54, 1.807) is 31.2 Å². The number of para-hydroxylation sites is 1. The standard InChI is InChI=1S/C15H15F2NO/c1-10-4-3-5-13(16)15(10)18-9-11-6-7-12(19-2)8-14(11)17/h3-8,18H,9H2,1-2H3. The van der Waals surface area contributed by atoms with Crippen molar-refractivity contribution in [3.8, 4) is 5.75 Å². The molecule has 2 nitrogen and oxygen atoms in total. The largest absolute Gasteiger partial charge is 0.497 e. The van der Waals surface area contributed by atoms with Gasteiger partial charge in [-0.25, -0.2) is 8.78 Å². The van der Waals surface area contributed by atoms with Crippen LogP contribution in [0.3, 0.4) is 0 Å². The van der Waals surface area contributed by atoms with Crippen molar-refractivity contribution >= 4 is 5.69 Å². The zero-order valence-corrected chi connectivity index (χ0v) is 10.8. The van der Waals surface area contributed by atoms with Crippen molar-refractivity contribution in [3.05, 3.63) is 59.2 Å². The van der Waals surface area contributed by atoms with Gasteiger partial charge in [-0.3, -0.25) is 0 Å². The minimum absolute atomic E-state index is 0.220. The number of hydrogen-bond donors (Lipinski definition) is 1. The van der Waals surface area contributed by atoms with Gasteiger partial charge < -0.3 is 10.1 Å². The minimum atomic E-state index is -0.374. The van der Waals surface area contributed by atoms with E-state index in [-0.39, 0.29) is 18.2 Å². The molecule has 0 aliphatic carbocycles. The van der Waals surface area contributed by atoms with E-state index in [4.69, 9.17) is 4.74 Å². The van der Waals surface area contributed by atoms with Crippen molar-refractivity contribution in [1.82, 2.24) is 0 Å². The molecule has 4 heteroatoms. The van der Waals surface area contributed by atoms with Gasteiger partial charge in [0.1, 0.15) is 17.4 Å². The van der Waals surface area contributed by atoms with E-state index in [1.165, 1.54) is 19.2 Å². The quantitative estimate of drug-likeness (QED) is 0.903. The zero-order valence-electron chi connectivity index (χ0n) is 10.8. The fraction of sp³-hybridized carbons (Fsp3) is 0.200. The van der Waals surface area contributed by atoms with Crippen LogP contribution in [0.5, 0.6) is 5.75 Å². The second-order valence-corrected chi connectivity index (χ2v) is 4.24. The lowest BCUT2D eigenvalue weighted by Crippen LogP contribution is -2.05. The number of benzene rings is 2. The molecule has 0 aliphatic heterocycles. The van der Waals surface area contributed by atoms with Crippen LogP contribution in [0.4, 0.5) is 14.5 Å². The predicted molar refractivity (Wildman–Crippen MR) is 71.4 cm³/mol. The van der Waals surface area contributed by atoms with Crippen LogP contribution in [0.15, 0.2) is 36.4 Å². The van der Waals surface area contributed by atoms with Crippen LogP contribution in [-0.4, -0.2) is 7.11 Å². The molecule has 0 aliphatic rings. The average molecular weight is 263 g/mol. The Balaban J connectivity index is 2.15. The molecule has 0 unspecified atom stereocenters. The van der Waals surface area contributed by atoms with Crippen molar-refractivity contribution in [2.24, 2.45) is 0 Å². The lowest BCUT2D eigenvalue weighted by molar-refractivity contribution is 0.411. The van der Waals surface area contributed by atoms with E-state index in [0.29, 0.717) is 17.0 Å². The van der Waals surface area contributed by atoms with E-state index in [9.17, 15) is 8.78 Å². The third kappa shape index (κ3) is 3.02. The number of halogens is 2. The maximum absolute atomic E-state index is 13.7. The summed E-state index contributed by atoms with van der Waals surface area (Å²) < 4.78 is 32.3. The molecule has 0 fully saturated rings. The predicted octanol–water partition coefficient (Wildman–Crippen LogP) is 3.89. The third-order valence-corrected chi connectivity index (χ3v) is 2.94. The summed E-state index contributed by atoms with van der Waals surface area (Å²) in [6.07, 6.45) is 0. The Morgan fingerprint density at radius 3 is 2.53 bits per heavy atom. The Morgan fingerprint density at radius 2 is 1.89 bits per heavy atom. The molecule has 0 amide bonds. The van der Waals surface area contributed by atoms with Gasteiger partial charge in [0.15, 0.2) is 0 Å². The molecule has 2 rings (SSSR count). The third-order valence-electron chi connectivity index (χ3n) is 2.94. The molecule has 19 heavy (non-hydrogen) atoms. The molecule has 0 bridgehead atoms. The van der Waals surface area contributed by atoms with Gasteiger partial charge in [-0.05, 0) is 24.6 Å². The Bertz CT molecular complexity index is 564. The molecule has 2 aromatic rings. The lowest BCUT2D eigenvalue weighted by atomic mass is 10.1. The molecule has 0 saturated heterocycles. The second-order valence-electron chi connectivity index (χ2n) is 4.24. The van der Waals surface area contributed by atoms with Gasteiger partial charge in [0.2, 0.25) is 0 Å². The molecular weight excluding hydrogens is 248 g/mol. The van der Waals surface area contributed by atoms with Gasteiger partial charge >= 0.3 is 0 Å². The first-order valence-electron chi connectivity index (χ1n) is 5.93. The highest BCUT2D eigenvalue weighted by molar-refractivity contribution is 5.52. The summed E-state index contributed by atoms with van der Waals surface area (Å²) in [7, 11) is 1.48. The van der Waals surface area contributed by atoms with Gasteiger partial charge in [0.05, 0.1) is 12.8 Å². The Hall–Kier alpha value is -2.10. The average Bonchev–Trinajstić information content (AvgIpc) is 2.39. The van der Waals surface area contributed by atoms with E-state index in [2.05, 4.69) is 5.32 Å². The number of rotatable bonds is 4. The molecule has 0 radical (unpaired) electrons. The summed E-state index contributed by atoms with van der Waals surface area (Å²) in [5, 5.41) is 2.92. The van der Waals surface area contributed by atoms with Crippen LogP contribution in [0.25, 0.3) is 0 Å². The molecule has 2 aromatic carbocycles. The first-order valence-corrected chi connectivity index (χ1v) is 5.93. The van der Waals surface area contributed by atoms with Crippen LogP contribution in [0, 0.1) is 18.6 Å². The molecule has 1 N–H and O–H groups in total.